The van der Waals surface area contributed by atoms with Crippen molar-refractivity contribution in [2.45, 2.75) is 13.0 Å². The molecule has 0 atom stereocenters. The molecule has 0 radical (unpaired) electrons. The Morgan fingerprint density at radius 2 is 2.13 bits per heavy atom. The van der Waals surface area contributed by atoms with Crippen molar-refractivity contribution >= 4 is 11.6 Å². The van der Waals surface area contributed by atoms with Gasteiger partial charge in [-0.15, -0.1) is 0 Å². The topological polar surface area (TPSA) is 21.3 Å². The smallest absolute Gasteiger partial charge is 0.272 e. The van der Waals surface area contributed by atoms with Gasteiger partial charge in [-0.25, -0.2) is 8.78 Å². The number of hydrogen-bond acceptors (Lipinski definition) is 2. The molecule has 1 N–H and O–H groups in total. The predicted molar refractivity (Wildman–Crippen MR) is 55.7 cm³/mol. The van der Waals surface area contributed by atoms with Gasteiger partial charge in [0.25, 0.3) is 6.43 Å². The van der Waals surface area contributed by atoms with Gasteiger partial charge in [0.15, 0.2) is 0 Å². The van der Waals surface area contributed by atoms with E-state index in [1.54, 1.807) is 19.2 Å². The molecule has 84 valence electrons. The largest absolute Gasteiger partial charge is 0.488 e. The summed E-state index contributed by atoms with van der Waals surface area (Å²) in [5, 5.41) is 3.42. The first kappa shape index (κ1) is 12.2. The number of ether oxygens (including phenoxy) is 1. The van der Waals surface area contributed by atoms with Gasteiger partial charge in [-0.1, -0.05) is 11.6 Å². The third kappa shape index (κ3) is 4.44. The van der Waals surface area contributed by atoms with Crippen LogP contribution < -0.4 is 10.1 Å². The van der Waals surface area contributed by atoms with Crippen LogP contribution >= 0.6 is 11.6 Å². The molecule has 15 heavy (non-hydrogen) atoms. The van der Waals surface area contributed by atoms with E-state index in [1.807, 2.05) is 0 Å². The van der Waals surface area contributed by atoms with E-state index in [2.05, 4.69) is 5.32 Å². The maximum Gasteiger partial charge on any atom is 0.272 e. The van der Waals surface area contributed by atoms with E-state index >= 15 is 0 Å². The summed E-state index contributed by atoms with van der Waals surface area (Å²) in [7, 11) is 1.79. The summed E-state index contributed by atoms with van der Waals surface area (Å²) in [6.07, 6.45) is -2.48. The van der Waals surface area contributed by atoms with Crippen molar-refractivity contribution in [2.24, 2.45) is 0 Å². The lowest BCUT2D eigenvalue weighted by Gasteiger charge is -2.08. The average molecular weight is 236 g/mol. The predicted octanol–water partition coefficient (Wildman–Crippen LogP) is 2.70. The molecule has 0 aliphatic carbocycles. The Labute approximate surface area is 92.2 Å². The molecule has 0 unspecified atom stereocenters. The summed E-state index contributed by atoms with van der Waals surface area (Å²) in [5.74, 6) is 0.369. The second-order valence-corrected chi connectivity index (χ2v) is 3.46. The van der Waals surface area contributed by atoms with E-state index < -0.39 is 13.0 Å². The monoisotopic (exact) mass is 235 g/mol. The van der Waals surface area contributed by atoms with Crippen LogP contribution in [0.15, 0.2) is 18.2 Å². The van der Waals surface area contributed by atoms with E-state index in [-0.39, 0.29) is 0 Å². The highest BCUT2D eigenvalue weighted by molar-refractivity contribution is 6.30. The maximum absolute atomic E-state index is 11.9. The first-order valence-corrected chi connectivity index (χ1v) is 4.84. The van der Waals surface area contributed by atoms with Gasteiger partial charge in [0.1, 0.15) is 12.4 Å². The Balaban J connectivity index is 2.70. The highest BCUT2D eigenvalue weighted by Gasteiger charge is 2.05. The quantitative estimate of drug-likeness (QED) is 0.847. The minimum Gasteiger partial charge on any atom is -0.488 e. The van der Waals surface area contributed by atoms with Crippen LogP contribution in [-0.2, 0) is 6.54 Å². The van der Waals surface area contributed by atoms with Crippen molar-refractivity contribution < 1.29 is 13.5 Å². The highest BCUT2D eigenvalue weighted by atomic mass is 35.5. The number of halogens is 3. The molecule has 2 nitrogen and oxygen atoms in total. The van der Waals surface area contributed by atoms with Gasteiger partial charge in [-0.2, -0.15) is 0 Å². The molecule has 1 aromatic carbocycles. The summed E-state index contributed by atoms with van der Waals surface area (Å²) in [6.45, 7) is 0.00490. The lowest BCUT2D eigenvalue weighted by molar-refractivity contribution is 0.0818. The number of alkyl halides is 2. The molecular formula is C10H12ClF2NO. The Kier molecular flexibility index (Phi) is 4.78. The first-order chi connectivity index (χ1) is 7.11. The van der Waals surface area contributed by atoms with Gasteiger partial charge >= 0.3 is 0 Å². The second kappa shape index (κ2) is 5.88. The lowest BCUT2D eigenvalue weighted by atomic mass is 10.2. The second-order valence-electron chi connectivity index (χ2n) is 3.03. The molecule has 0 heterocycles. The van der Waals surface area contributed by atoms with Crippen molar-refractivity contribution in [3.63, 3.8) is 0 Å². The third-order valence-electron chi connectivity index (χ3n) is 1.69. The molecule has 0 saturated carbocycles. The van der Waals surface area contributed by atoms with Crippen LogP contribution in [0.5, 0.6) is 5.75 Å². The maximum atomic E-state index is 11.9. The average Bonchev–Trinajstić information content (AvgIpc) is 2.14. The van der Waals surface area contributed by atoms with E-state index in [0.717, 1.165) is 5.56 Å². The molecule has 0 aliphatic heterocycles. The van der Waals surface area contributed by atoms with Crippen molar-refractivity contribution in [2.75, 3.05) is 13.7 Å². The molecule has 1 rings (SSSR count). The van der Waals surface area contributed by atoms with Crippen LogP contribution in [0.3, 0.4) is 0 Å². The molecule has 0 bridgehead atoms. The van der Waals surface area contributed by atoms with Crippen LogP contribution in [0.2, 0.25) is 5.02 Å². The summed E-state index contributed by atoms with van der Waals surface area (Å²) in [6, 6.07) is 4.96. The fourth-order valence-corrected chi connectivity index (χ4v) is 1.42. The van der Waals surface area contributed by atoms with Gasteiger partial charge in [0, 0.05) is 11.6 Å². The van der Waals surface area contributed by atoms with E-state index in [1.165, 1.54) is 6.07 Å². The van der Waals surface area contributed by atoms with E-state index in [0.29, 0.717) is 17.3 Å². The zero-order chi connectivity index (χ0) is 11.3. The van der Waals surface area contributed by atoms with Crippen molar-refractivity contribution in [1.29, 1.82) is 0 Å². The first-order valence-electron chi connectivity index (χ1n) is 4.47. The molecule has 0 aromatic heterocycles. The minimum absolute atomic E-state index is 0.369. The third-order valence-corrected chi connectivity index (χ3v) is 1.91. The Bertz CT molecular complexity index is 320. The van der Waals surface area contributed by atoms with Crippen molar-refractivity contribution in [3.05, 3.63) is 28.8 Å². The standard InChI is InChI=1S/C10H12ClF2NO/c1-14-5-7-2-8(11)4-9(3-7)15-6-10(12)13/h2-4,10,14H,5-6H2,1H3. The van der Waals surface area contributed by atoms with Crippen LogP contribution in [-0.4, -0.2) is 20.1 Å². The molecule has 0 aliphatic rings. The number of rotatable bonds is 5. The van der Waals surface area contributed by atoms with Crippen LogP contribution in [0.25, 0.3) is 0 Å². The Hall–Kier alpha value is -0.870. The Morgan fingerprint density at radius 1 is 1.40 bits per heavy atom. The van der Waals surface area contributed by atoms with Crippen molar-refractivity contribution in [3.8, 4) is 5.75 Å². The van der Waals surface area contributed by atoms with Crippen LogP contribution in [0, 0.1) is 0 Å². The number of nitrogens with one attached hydrogen (secondary N) is 1. The van der Waals surface area contributed by atoms with Gasteiger partial charge < -0.3 is 10.1 Å². The molecule has 1 aromatic rings. The minimum atomic E-state index is -2.48. The van der Waals surface area contributed by atoms with Gasteiger partial charge in [-0.05, 0) is 30.8 Å². The van der Waals surface area contributed by atoms with E-state index in [4.69, 9.17) is 16.3 Å². The summed E-state index contributed by atoms with van der Waals surface area (Å²) >= 11 is 5.81. The van der Waals surface area contributed by atoms with E-state index in [9.17, 15) is 8.78 Å². The fourth-order valence-electron chi connectivity index (χ4n) is 1.17. The number of hydrogen-bond donors (Lipinski definition) is 1. The molecule has 0 fully saturated rings. The SMILES string of the molecule is CNCc1cc(Cl)cc(OCC(F)F)c1. The molecule has 0 spiro atoms. The summed E-state index contributed by atoms with van der Waals surface area (Å²) < 4.78 is 28.7. The molecule has 5 heteroatoms. The van der Waals surface area contributed by atoms with Crippen molar-refractivity contribution in [1.82, 2.24) is 5.32 Å². The van der Waals surface area contributed by atoms with Gasteiger partial charge in [0.05, 0.1) is 0 Å². The van der Waals surface area contributed by atoms with Gasteiger partial charge in [0.2, 0.25) is 0 Å². The Morgan fingerprint density at radius 3 is 2.73 bits per heavy atom. The zero-order valence-electron chi connectivity index (χ0n) is 8.27. The molecule has 0 amide bonds. The molecular weight excluding hydrogens is 224 g/mol. The van der Waals surface area contributed by atoms with Crippen LogP contribution in [0.4, 0.5) is 8.78 Å². The zero-order valence-corrected chi connectivity index (χ0v) is 9.02. The van der Waals surface area contributed by atoms with Crippen LogP contribution in [0.1, 0.15) is 5.56 Å². The summed E-state index contributed by atoms with van der Waals surface area (Å²) in [5.41, 5.74) is 0.897. The summed E-state index contributed by atoms with van der Waals surface area (Å²) in [4.78, 5) is 0. The normalized spacial score (nSPS) is 10.7. The molecule has 0 saturated heterocycles. The fraction of sp³-hybridized carbons (Fsp3) is 0.400. The van der Waals surface area contributed by atoms with Gasteiger partial charge in [-0.3, -0.25) is 0 Å². The lowest BCUT2D eigenvalue weighted by Crippen LogP contribution is -2.08. The highest BCUT2D eigenvalue weighted by Crippen LogP contribution is 2.21. The number of benzene rings is 1.